The molecule has 24 heavy (non-hydrogen) atoms. The van der Waals surface area contributed by atoms with Crippen LogP contribution in [0, 0.1) is 0 Å². The van der Waals surface area contributed by atoms with Crippen molar-refractivity contribution in [2.24, 2.45) is 0 Å². The number of nitrogens with zero attached hydrogens (tertiary/aromatic N) is 6. The van der Waals surface area contributed by atoms with E-state index in [2.05, 4.69) is 24.8 Å². The van der Waals surface area contributed by atoms with Crippen molar-refractivity contribution in [2.45, 2.75) is 0 Å². The summed E-state index contributed by atoms with van der Waals surface area (Å²) in [7, 11) is 0. The van der Waals surface area contributed by atoms with Crippen molar-refractivity contribution in [3.8, 4) is 0 Å². The van der Waals surface area contributed by atoms with Crippen LogP contribution < -0.4 is 4.90 Å². The van der Waals surface area contributed by atoms with Gasteiger partial charge < -0.3 is 9.80 Å². The van der Waals surface area contributed by atoms with Gasteiger partial charge in [0.05, 0.1) is 5.52 Å². The quantitative estimate of drug-likeness (QED) is 0.710. The van der Waals surface area contributed by atoms with Crippen molar-refractivity contribution in [2.75, 3.05) is 31.1 Å². The fourth-order valence-electron chi connectivity index (χ4n) is 2.89. The maximum absolute atomic E-state index is 12.8. The van der Waals surface area contributed by atoms with Crippen molar-refractivity contribution in [1.82, 2.24) is 24.8 Å². The van der Waals surface area contributed by atoms with Gasteiger partial charge in [0.1, 0.15) is 12.0 Å². The Morgan fingerprint density at radius 2 is 1.62 bits per heavy atom. The van der Waals surface area contributed by atoms with Crippen LogP contribution in [0.25, 0.3) is 10.9 Å². The van der Waals surface area contributed by atoms with E-state index < -0.39 is 0 Å². The fourth-order valence-corrected chi connectivity index (χ4v) is 2.89. The van der Waals surface area contributed by atoms with Gasteiger partial charge in [-0.2, -0.15) is 0 Å². The number of amides is 1. The van der Waals surface area contributed by atoms with E-state index in [4.69, 9.17) is 0 Å². The second-order valence-corrected chi connectivity index (χ2v) is 5.57. The van der Waals surface area contributed by atoms with Gasteiger partial charge in [0.15, 0.2) is 0 Å². The molecule has 120 valence electrons. The maximum Gasteiger partial charge on any atom is 0.273 e. The molecule has 3 aromatic rings. The van der Waals surface area contributed by atoms with Crippen molar-refractivity contribution < 1.29 is 4.79 Å². The Morgan fingerprint density at radius 1 is 0.875 bits per heavy atom. The first-order valence-corrected chi connectivity index (χ1v) is 7.84. The molecular formula is C17H16N6O. The summed E-state index contributed by atoms with van der Waals surface area (Å²) in [4.78, 5) is 33.7. The number of hydrogen-bond acceptors (Lipinski definition) is 6. The molecule has 4 rings (SSSR count). The van der Waals surface area contributed by atoms with E-state index in [1.54, 1.807) is 18.5 Å². The molecule has 1 saturated heterocycles. The second kappa shape index (κ2) is 6.19. The third kappa shape index (κ3) is 2.64. The number of para-hydroxylation sites is 1. The average Bonchev–Trinajstić information content (AvgIpc) is 2.68. The van der Waals surface area contributed by atoms with E-state index in [-0.39, 0.29) is 5.91 Å². The first kappa shape index (κ1) is 14.5. The Labute approximate surface area is 139 Å². The minimum absolute atomic E-state index is 0.0535. The highest BCUT2D eigenvalue weighted by atomic mass is 16.2. The lowest BCUT2D eigenvalue weighted by Gasteiger charge is -2.34. The molecule has 2 aromatic heterocycles. The number of piperazine rings is 1. The number of rotatable bonds is 2. The number of aromatic nitrogens is 4. The first-order chi connectivity index (χ1) is 11.8. The minimum atomic E-state index is -0.0535. The molecular weight excluding hydrogens is 304 g/mol. The van der Waals surface area contributed by atoms with Crippen molar-refractivity contribution in [1.29, 1.82) is 0 Å². The van der Waals surface area contributed by atoms with Crippen LogP contribution in [0.5, 0.6) is 0 Å². The van der Waals surface area contributed by atoms with E-state index in [0.717, 1.165) is 10.9 Å². The van der Waals surface area contributed by atoms with E-state index in [9.17, 15) is 4.79 Å². The van der Waals surface area contributed by atoms with Crippen molar-refractivity contribution in [3.63, 3.8) is 0 Å². The van der Waals surface area contributed by atoms with Gasteiger partial charge in [0.25, 0.3) is 5.91 Å². The zero-order chi connectivity index (χ0) is 16.4. The highest BCUT2D eigenvalue weighted by molar-refractivity contribution is 6.04. The third-order valence-corrected chi connectivity index (χ3v) is 4.15. The number of carbonyl (C=O) groups is 1. The van der Waals surface area contributed by atoms with Crippen LogP contribution in [0.3, 0.4) is 0 Å². The summed E-state index contributed by atoms with van der Waals surface area (Å²) >= 11 is 0. The largest absolute Gasteiger partial charge is 0.337 e. The van der Waals surface area contributed by atoms with Crippen LogP contribution in [-0.2, 0) is 0 Å². The van der Waals surface area contributed by atoms with E-state index in [1.807, 2.05) is 29.2 Å². The van der Waals surface area contributed by atoms with Crippen LogP contribution in [0.2, 0.25) is 0 Å². The number of anilines is 1. The number of fused-ring (bicyclic) bond motifs is 1. The number of hydrogen-bond donors (Lipinski definition) is 0. The molecule has 1 fully saturated rings. The predicted molar refractivity (Wildman–Crippen MR) is 89.7 cm³/mol. The van der Waals surface area contributed by atoms with Gasteiger partial charge >= 0.3 is 0 Å². The van der Waals surface area contributed by atoms with Crippen LogP contribution in [0.4, 0.5) is 5.95 Å². The summed E-state index contributed by atoms with van der Waals surface area (Å²) in [5, 5.41) is 0.791. The van der Waals surface area contributed by atoms with Gasteiger partial charge in [0.2, 0.25) is 5.95 Å². The van der Waals surface area contributed by atoms with Gasteiger partial charge in [-0.05, 0) is 12.1 Å². The monoisotopic (exact) mass is 320 g/mol. The summed E-state index contributed by atoms with van der Waals surface area (Å²) in [5.41, 5.74) is 1.25. The second-order valence-electron chi connectivity index (χ2n) is 5.57. The van der Waals surface area contributed by atoms with Crippen LogP contribution in [0.15, 0.2) is 49.1 Å². The Kier molecular flexibility index (Phi) is 3.74. The standard InChI is InChI=1S/C17H16N6O/c24-16(15-13-4-1-2-5-14(13)20-12-21-15)22-8-10-23(11-9-22)17-18-6-3-7-19-17/h1-7,12H,8-11H2. The molecule has 0 spiro atoms. The van der Waals surface area contributed by atoms with Gasteiger partial charge in [-0.3, -0.25) is 4.79 Å². The number of benzene rings is 1. The molecule has 7 heteroatoms. The molecule has 0 N–H and O–H groups in total. The molecule has 1 amide bonds. The molecule has 3 heterocycles. The summed E-state index contributed by atoms with van der Waals surface area (Å²) in [6.07, 6.45) is 4.91. The molecule has 7 nitrogen and oxygen atoms in total. The Bertz CT molecular complexity index is 856. The lowest BCUT2D eigenvalue weighted by molar-refractivity contribution is 0.0742. The van der Waals surface area contributed by atoms with Gasteiger partial charge in [-0.25, -0.2) is 19.9 Å². The summed E-state index contributed by atoms with van der Waals surface area (Å²) < 4.78 is 0. The zero-order valence-corrected chi connectivity index (χ0v) is 13.0. The Hall–Kier alpha value is -3.09. The van der Waals surface area contributed by atoms with E-state index in [1.165, 1.54) is 6.33 Å². The lowest BCUT2D eigenvalue weighted by atomic mass is 10.1. The topological polar surface area (TPSA) is 75.1 Å². The van der Waals surface area contributed by atoms with Crippen LogP contribution >= 0.6 is 0 Å². The van der Waals surface area contributed by atoms with Crippen molar-refractivity contribution in [3.05, 3.63) is 54.7 Å². The molecule has 1 aliphatic heterocycles. The predicted octanol–water partition coefficient (Wildman–Crippen LogP) is 1.38. The van der Waals surface area contributed by atoms with E-state index in [0.29, 0.717) is 37.8 Å². The SMILES string of the molecule is O=C(c1ncnc2ccccc12)N1CCN(c2ncccn2)CC1. The molecule has 0 bridgehead atoms. The van der Waals surface area contributed by atoms with Crippen molar-refractivity contribution >= 4 is 22.8 Å². The van der Waals surface area contributed by atoms with Crippen LogP contribution in [0.1, 0.15) is 10.5 Å². The van der Waals surface area contributed by atoms with Crippen LogP contribution in [-0.4, -0.2) is 56.9 Å². The molecule has 0 radical (unpaired) electrons. The molecule has 1 aliphatic rings. The highest BCUT2D eigenvalue weighted by Gasteiger charge is 2.25. The molecule has 0 unspecified atom stereocenters. The summed E-state index contributed by atoms with van der Waals surface area (Å²) in [6.45, 7) is 2.66. The first-order valence-electron chi connectivity index (χ1n) is 7.84. The third-order valence-electron chi connectivity index (χ3n) is 4.15. The smallest absolute Gasteiger partial charge is 0.273 e. The molecule has 0 saturated carbocycles. The molecule has 1 aromatic carbocycles. The lowest BCUT2D eigenvalue weighted by Crippen LogP contribution is -2.49. The highest BCUT2D eigenvalue weighted by Crippen LogP contribution is 2.17. The maximum atomic E-state index is 12.8. The summed E-state index contributed by atoms with van der Waals surface area (Å²) in [5.74, 6) is 0.652. The molecule has 0 aliphatic carbocycles. The zero-order valence-electron chi connectivity index (χ0n) is 13.0. The number of carbonyl (C=O) groups excluding carboxylic acids is 1. The normalized spacial score (nSPS) is 14.8. The van der Waals surface area contributed by atoms with Gasteiger partial charge in [0, 0.05) is 44.0 Å². The average molecular weight is 320 g/mol. The Morgan fingerprint density at radius 3 is 2.42 bits per heavy atom. The summed E-state index contributed by atoms with van der Waals surface area (Å²) in [6, 6.07) is 9.37. The fraction of sp³-hybridized carbons (Fsp3) is 0.235. The van der Waals surface area contributed by atoms with E-state index >= 15 is 0 Å². The van der Waals surface area contributed by atoms with Gasteiger partial charge in [-0.15, -0.1) is 0 Å². The Balaban J connectivity index is 1.52. The molecule has 0 atom stereocenters. The van der Waals surface area contributed by atoms with Gasteiger partial charge in [-0.1, -0.05) is 18.2 Å². The minimum Gasteiger partial charge on any atom is -0.337 e.